The normalized spacial score (nSPS) is 13.4. The van der Waals surface area contributed by atoms with E-state index in [4.69, 9.17) is 0 Å². The van der Waals surface area contributed by atoms with Gasteiger partial charge in [-0.2, -0.15) is 13.2 Å². The van der Waals surface area contributed by atoms with Gasteiger partial charge in [-0.1, -0.05) is 68.1 Å². The van der Waals surface area contributed by atoms with E-state index in [1.807, 2.05) is 24.3 Å². The van der Waals surface area contributed by atoms with Gasteiger partial charge in [0.25, 0.3) is 0 Å². The summed E-state index contributed by atoms with van der Waals surface area (Å²) >= 11 is 0.887. The fourth-order valence-corrected chi connectivity index (χ4v) is 3.75. The molecule has 0 aliphatic carbocycles. The lowest BCUT2D eigenvalue weighted by Gasteiger charge is -2.14. The van der Waals surface area contributed by atoms with Crippen LogP contribution < -0.4 is 5.32 Å². The molecule has 32 heavy (non-hydrogen) atoms. The summed E-state index contributed by atoms with van der Waals surface area (Å²) < 4.78 is 40.1. The molecule has 0 aliphatic heterocycles. The van der Waals surface area contributed by atoms with Gasteiger partial charge in [0.2, 0.25) is 5.91 Å². The largest absolute Gasteiger partial charge is 0.433 e. The highest BCUT2D eigenvalue weighted by atomic mass is 32.2. The van der Waals surface area contributed by atoms with E-state index in [1.165, 1.54) is 5.56 Å². The number of hydrogen-bond acceptors (Lipinski definition) is 4. The predicted molar refractivity (Wildman–Crippen MR) is 122 cm³/mol. The van der Waals surface area contributed by atoms with E-state index in [-0.39, 0.29) is 16.8 Å². The Kier molecular flexibility index (Phi) is 7.56. The summed E-state index contributed by atoms with van der Waals surface area (Å²) in [5.74, 6) is 0.0830. The number of anilines is 1. The maximum atomic E-state index is 13.4. The van der Waals surface area contributed by atoms with E-state index in [9.17, 15) is 18.0 Å². The highest BCUT2D eigenvalue weighted by molar-refractivity contribution is 8.00. The SMILES string of the molecule is CC[C@H](C)c1ccc(NC(=O)[C@H](C)Sc2nc(-c3ccccc3)cc(C(F)(F)F)n2)cc1. The van der Waals surface area contributed by atoms with E-state index in [2.05, 4.69) is 29.1 Å². The maximum absolute atomic E-state index is 13.4. The lowest BCUT2D eigenvalue weighted by molar-refractivity contribution is -0.141. The number of benzene rings is 2. The molecule has 3 aromatic rings. The lowest BCUT2D eigenvalue weighted by atomic mass is 9.99. The van der Waals surface area contributed by atoms with Crippen LogP contribution in [-0.2, 0) is 11.0 Å². The van der Waals surface area contributed by atoms with Gasteiger partial charge in [-0.15, -0.1) is 0 Å². The van der Waals surface area contributed by atoms with E-state index >= 15 is 0 Å². The molecule has 0 saturated carbocycles. The van der Waals surface area contributed by atoms with Gasteiger partial charge in [-0.3, -0.25) is 4.79 Å². The van der Waals surface area contributed by atoms with Gasteiger partial charge < -0.3 is 5.32 Å². The molecule has 0 aliphatic rings. The number of aromatic nitrogens is 2. The van der Waals surface area contributed by atoms with Crippen LogP contribution in [0.1, 0.15) is 44.4 Å². The minimum Gasteiger partial charge on any atom is -0.325 e. The van der Waals surface area contributed by atoms with Crippen LogP contribution in [0.4, 0.5) is 18.9 Å². The van der Waals surface area contributed by atoms with Crippen LogP contribution in [0.2, 0.25) is 0 Å². The number of halogens is 3. The molecule has 0 unspecified atom stereocenters. The number of carbonyl (C=O) groups excluding carboxylic acids is 1. The first-order chi connectivity index (χ1) is 15.2. The number of nitrogens with one attached hydrogen (secondary N) is 1. The Hall–Kier alpha value is -2.87. The van der Waals surface area contributed by atoms with Crippen LogP contribution in [0.3, 0.4) is 0 Å². The van der Waals surface area contributed by atoms with Crippen molar-refractivity contribution in [2.24, 2.45) is 0 Å². The Morgan fingerprint density at radius 1 is 1.03 bits per heavy atom. The fourth-order valence-electron chi connectivity index (χ4n) is 2.97. The molecule has 3 rings (SSSR count). The van der Waals surface area contributed by atoms with Crippen molar-refractivity contribution >= 4 is 23.4 Å². The molecule has 0 fully saturated rings. The minimum absolute atomic E-state index is 0.103. The molecule has 1 aromatic heterocycles. The molecule has 4 nitrogen and oxygen atoms in total. The van der Waals surface area contributed by atoms with Crippen molar-refractivity contribution in [3.8, 4) is 11.3 Å². The summed E-state index contributed by atoms with van der Waals surface area (Å²) in [5.41, 5.74) is 1.47. The fraction of sp³-hybridized carbons (Fsp3) is 0.292. The molecular weight excluding hydrogens is 435 g/mol. The van der Waals surface area contributed by atoms with Crippen LogP contribution >= 0.6 is 11.8 Å². The Bertz CT molecular complexity index is 1060. The van der Waals surface area contributed by atoms with Crippen molar-refractivity contribution < 1.29 is 18.0 Å². The summed E-state index contributed by atoms with van der Waals surface area (Å²) in [4.78, 5) is 20.5. The Balaban J connectivity index is 1.77. The molecular formula is C24H24F3N3OS. The standard InChI is InChI=1S/C24H24F3N3OS/c1-4-15(2)17-10-12-19(13-11-17)28-22(31)16(3)32-23-29-20(18-8-6-5-7-9-18)14-21(30-23)24(25,26)27/h5-16H,4H2,1-3H3,(H,28,31)/t15-,16-/m0/s1. The molecule has 168 valence electrons. The van der Waals surface area contributed by atoms with Gasteiger partial charge in [-0.05, 0) is 43.0 Å². The first-order valence-electron chi connectivity index (χ1n) is 10.3. The number of rotatable bonds is 7. The third-order valence-electron chi connectivity index (χ3n) is 5.08. The maximum Gasteiger partial charge on any atom is 0.433 e. The summed E-state index contributed by atoms with van der Waals surface area (Å²) in [7, 11) is 0. The molecule has 1 heterocycles. The van der Waals surface area contributed by atoms with Crippen LogP contribution in [0, 0.1) is 0 Å². The zero-order valence-electron chi connectivity index (χ0n) is 18.0. The average molecular weight is 460 g/mol. The zero-order chi connectivity index (χ0) is 23.3. The Morgan fingerprint density at radius 3 is 2.28 bits per heavy atom. The van der Waals surface area contributed by atoms with Gasteiger partial charge in [-0.25, -0.2) is 9.97 Å². The lowest BCUT2D eigenvalue weighted by Crippen LogP contribution is -2.23. The molecule has 0 saturated heterocycles. The topological polar surface area (TPSA) is 54.9 Å². The second-order valence-corrected chi connectivity index (χ2v) is 8.77. The quantitative estimate of drug-likeness (QED) is 0.312. The van der Waals surface area contributed by atoms with Crippen molar-refractivity contribution in [1.82, 2.24) is 9.97 Å². The summed E-state index contributed by atoms with van der Waals surface area (Å²) in [6, 6.07) is 17.1. The van der Waals surface area contributed by atoms with Crippen LogP contribution in [0.15, 0.2) is 65.8 Å². The molecule has 1 N–H and O–H groups in total. The molecule has 8 heteroatoms. The van der Waals surface area contributed by atoms with Gasteiger partial charge in [0.1, 0.15) is 5.69 Å². The van der Waals surface area contributed by atoms with Crippen molar-refractivity contribution in [2.75, 3.05) is 5.32 Å². The molecule has 0 radical (unpaired) electrons. The number of carbonyl (C=O) groups is 1. The molecule has 2 atom stereocenters. The third kappa shape index (κ3) is 6.09. The number of hydrogen-bond donors (Lipinski definition) is 1. The summed E-state index contributed by atoms with van der Waals surface area (Å²) in [5, 5.41) is 2.00. The smallest absolute Gasteiger partial charge is 0.325 e. The highest BCUT2D eigenvalue weighted by Gasteiger charge is 2.34. The van der Waals surface area contributed by atoms with Gasteiger partial charge in [0, 0.05) is 11.3 Å². The Morgan fingerprint density at radius 2 is 1.69 bits per heavy atom. The molecule has 1 amide bonds. The second-order valence-electron chi connectivity index (χ2n) is 7.47. The molecule has 2 aromatic carbocycles. The summed E-state index contributed by atoms with van der Waals surface area (Å²) in [6.45, 7) is 5.85. The zero-order valence-corrected chi connectivity index (χ0v) is 18.8. The van der Waals surface area contributed by atoms with Gasteiger partial charge >= 0.3 is 6.18 Å². The highest BCUT2D eigenvalue weighted by Crippen LogP contribution is 2.33. The van der Waals surface area contributed by atoms with E-state index in [0.29, 0.717) is 17.2 Å². The van der Waals surface area contributed by atoms with Crippen molar-refractivity contribution in [2.45, 2.75) is 49.7 Å². The molecule has 0 bridgehead atoms. The second kappa shape index (κ2) is 10.2. The average Bonchev–Trinajstić information content (AvgIpc) is 2.78. The first kappa shape index (κ1) is 23.8. The summed E-state index contributed by atoms with van der Waals surface area (Å²) in [6.07, 6.45) is -3.61. The van der Waals surface area contributed by atoms with E-state index in [0.717, 1.165) is 24.2 Å². The minimum atomic E-state index is -4.62. The number of alkyl halides is 3. The number of amides is 1. The number of thioether (sulfide) groups is 1. The predicted octanol–water partition coefficient (Wildman–Crippen LogP) is 6.80. The van der Waals surface area contributed by atoms with E-state index < -0.39 is 17.1 Å². The molecule has 0 spiro atoms. The van der Waals surface area contributed by atoms with Crippen LogP contribution in [0.5, 0.6) is 0 Å². The van der Waals surface area contributed by atoms with Crippen molar-refractivity contribution in [3.63, 3.8) is 0 Å². The first-order valence-corrected chi connectivity index (χ1v) is 11.1. The van der Waals surface area contributed by atoms with Crippen LogP contribution in [-0.4, -0.2) is 21.1 Å². The van der Waals surface area contributed by atoms with Gasteiger partial charge in [0.15, 0.2) is 5.16 Å². The van der Waals surface area contributed by atoms with Crippen molar-refractivity contribution in [3.05, 3.63) is 71.9 Å². The Labute approximate surface area is 189 Å². The monoisotopic (exact) mass is 459 g/mol. The number of nitrogens with zero attached hydrogens (tertiary/aromatic N) is 2. The van der Waals surface area contributed by atoms with Crippen LogP contribution in [0.25, 0.3) is 11.3 Å². The van der Waals surface area contributed by atoms with E-state index in [1.54, 1.807) is 37.3 Å². The van der Waals surface area contributed by atoms with Crippen molar-refractivity contribution in [1.29, 1.82) is 0 Å². The van der Waals surface area contributed by atoms with Gasteiger partial charge in [0.05, 0.1) is 10.9 Å². The third-order valence-corrected chi connectivity index (χ3v) is 6.04.